The lowest BCUT2D eigenvalue weighted by atomic mass is 10.2. The van der Waals surface area contributed by atoms with E-state index in [1.165, 1.54) is 11.8 Å². The molecule has 0 amide bonds. The predicted molar refractivity (Wildman–Crippen MR) is 109 cm³/mol. The maximum atomic E-state index is 6.02. The van der Waals surface area contributed by atoms with Gasteiger partial charge in [-0.05, 0) is 30.3 Å². The fraction of sp³-hybridized carbons (Fsp3) is 0.150. The Hall–Kier alpha value is -2.97. The van der Waals surface area contributed by atoms with Crippen molar-refractivity contribution < 1.29 is 18.3 Å². The SMILES string of the molecule is COc1cc(OC)cc(-c2nnc(SCc3coc(-c4cccc(Cl)c4)n3)o2)c1. The molecule has 2 aromatic heterocycles. The fourth-order valence-electron chi connectivity index (χ4n) is 2.58. The van der Waals surface area contributed by atoms with E-state index >= 15 is 0 Å². The number of ether oxygens (including phenoxy) is 2. The largest absolute Gasteiger partial charge is 0.497 e. The molecule has 4 aromatic rings. The van der Waals surface area contributed by atoms with Gasteiger partial charge in [0, 0.05) is 28.0 Å². The van der Waals surface area contributed by atoms with Crippen LogP contribution in [-0.2, 0) is 5.75 Å². The highest BCUT2D eigenvalue weighted by Gasteiger charge is 2.14. The smallest absolute Gasteiger partial charge is 0.277 e. The van der Waals surface area contributed by atoms with Gasteiger partial charge in [-0.2, -0.15) is 0 Å². The van der Waals surface area contributed by atoms with Crippen molar-refractivity contribution in [2.24, 2.45) is 0 Å². The van der Waals surface area contributed by atoms with Gasteiger partial charge in [-0.15, -0.1) is 10.2 Å². The van der Waals surface area contributed by atoms with Gasteiger partial charge in [-0.1, -0.05) is 29.4 Å². The molecule has 0 aliphatic heterocycles. The number of benzene rings is 2. The first-order valence-electron chi connectivity index (χ1n) is 8.54. The molecule has 9 heteroatoms. The summed E-state index contributed by atoms with van der Waals surface area (Å²) in [7, 11) is 3.17. The lowest BCUT2D eigenvalue weighted by molar-refractivity contribution is 0.394. The molecular weight excluding hydrogens is 414 g/mol. The van der Waals surface area contributed by atoms with Crippen LogP contribution in [0.5, 0.6) is 11.5 Å². The van der Waals surface area contributed by atoms with E-state index in [-0.39, 0.29) is 0 Å². The third-order valence-corrected chi connectivity index (χ3v) is 5.06. The number of hydrogen-bond acceptors (Lipinski definition) is 8. The molecule has 0 unspecified atom stereocenters. The Labute approximate surface area is 176 Å². The van der Waals surface area contributed by atoms with Crippen LogP contribution in [0.3, 0.4) is 0 Å². The van der Waals surface area contributed by atoms with Crippen LogP contribution in [-0.4, -0.2) is 29.4 Å². The first kappa shape index (κ1) is 19.4. The van der Waals surface area contributed by atoms with Crippen molar-refractivity contribution in [1.29, 1.82) is 0 Å². The molecule has 0 aliphatic carbocycles. The molecule has 0 N–H and O–H groups in total. The zero-order valence-electron chi connectivity index (χ0n) is 15.6. The number of rotatable bonds is 7. The number of hydrogen-bond donors (Lipinski definition) is 0. The highest BCUT2D eigenvalue weighted by Crippen LogP contribution is 2.31. The summed E-state index contributed by atoms with van der Waals surface area (Å²) in [6.45, 7) is 0. The summed E-state index contributed by atoms with van der Waals surface area (Å²) in [5, 5.41) is 9.24. The third kappa shape index (κ3) is 4.55. The summed E-state index contributed by atoms with van der Waals surface area (Å²) in [5.74, 6) is 2.70. The quantitative estimate of drug-likeness (QED) is 0.363. The highest BCUT2D eigenvalue weighted by molar-refractivity contribution is 7.98. The van der Waals surface area contributed by atoms with Crippen molar-refractivity contribution in [1.82, 2.24) is 15.2 Å². The molecule has 7 nitrogen and oxygen atoms in total. The Bertz CT molecular complexity index is 1110. The van der Waals surface area contributed by atoms with Crippen LogP contribution in [0.1, 0.15) is 5.69 Å². The van der Waals surface area contributed by atoms with Crippen molar-refractivity contribution in [3.63, 3.8) is 0 Å². The molecule has 0 aliphatic rings. The molecule has 4 rings (SSSR count). The summed E-state index contributed by atoms with van der Waals surface area (Å²) in [6, 6.07) is 12.7. The van der Waals surface area contributed by atoms with Crippen molar-refractivity contribution in [3.8, 4) is 34.4 Å². The van der Waals surface area contributed by atoms with Crippen LogP contribution < -0.4 is 9.47 Å². The van der Waals surface area contributed by atoms with E-state index in [1.54, 1.807) is 50.8 Å². The average Bonchev–Trinajstić information content (AvgIpc) is 3.41. The van der Waals surface area contributed by atoms with Crippen molar-refractivity contribution >= 4 is 23.4 Å². The lowest BCUT2D eigenvalue weighted by Gasteiger charge is -2.05. The molecule has 0 saturated carbocycles. The van der Waals surface area contributed by atoms with Crippen molar-refractivity contribution in [2.75, 3.05) is 14.2 Å². The Morgan fingerprint density at radius 3 is 2.48 bits per heavy atom. The average molecular weight is 430 g/mol. The van der Waals surface area contributed by atoms with Crippen LogP contribution >= 0.6 is 23.4 Å². The molecule has 0 fully saturated rings. The van der Waals surface area contributed by atoms with E-state index in [0.29, 0.717) is 44.8 Å². The zero-order chi connectivity index (χ0) is 20.2. The van der Waals surface area contributed by atoms with E-state index in [4.69, 9.17) is 29.9 Å². The van der Waals surface area contributed by atoms with Gasteiger partial charge in [-0.3, -0.25) is 0 Å². The number of thioether (sulfide) groups is 1. The Balaban J connectivity index is 1.45. The molecule has 2 heterocycles. The number of oxazole rings is 1. The predicted octanol–water partition coefficient (Wildman–Crippen LogP) is 5.35. The minimum Gasteiger partial charge on any atom is -0.497 e. The topological polar surface area (TPSA) is 83.4 Å². The van der Waals surface area contributed by atoms with Crippen LogP contribution in [0.4, 0.5) is 0 Å². The summed E-state index contributed by atoms with van der Waals surface area (Å²) in [4.78, 5) is 4.48. The molecule has 29 heavy (non-hydrogen) atoms. The normalized spacial score (nSPS) is 10.9. The van der Waals surface area contributed by atoms with Gasteiger partial charge < -0.3 is 18.3 Å². The Kier molecular flexibility index (Phi) is 5.73. The van der Waals surface area contributed by atoms with E-state index in [0.717, 1.165) is 11.3 Å². The second-order valence-corrected chi connectivity index (χ2v) is 7.28. The van der Waals surface area contributed by atoms with E-state index < -0.39 is 0 Å². The summed E-state index contributed by atoms with van der Waals surface area (Å²) < 4.78 is 21.8. The molecule has 2 aromatic carbocycles. The zero-order valence-corrected chi connectivity index (χ0v) is 17.2. The second-order valence-electron chi connectivity index (χ2n) is 5.92. The lowest BCUT2D eigenvalue weighted by Crippen LogP contribution is -1.88. The first-order chi connectivity index (χ1) is 14.1. The van der Waals surface area contributed by atoms with Gasteiger partial charge in [0.15, 0.2) is 0 Å². The summed E-state index contributed by atoms with van der Waals surface area (Å²) in [6.07, 6.45) is 1.60. The van der Waals surface area contributed by atoms with Crippen molar-refractivity contribution in [2.45, 2.75) is 11.0 Å². The monoisotopic (exact) mass is 429 g/mol. The molecule has 0 saturated heterocycles. The summed E-state index contributed by atoms with van der Waals surface area (Å²) in [5.41, 5.74) is 2.29. The molecular formula is C20H16ClN3O4S. The van der Waals surface area contributed by atoms with Gasteiger partial charge in [0.25, 0.3) is 5.22 Å². The maximum Gasteiger partial charge on any atom is 0.277 e. The molecule has 148 valence electrons. The first-order valence-corrected chi connectivity index (χ1v) is 9.91. The number of methoxy groups -OCH3 is 2. The third-order valence-electron chi connectivity index (χ3n) is 3.97. The number of nitrogens with zero attached hydrogens (tertiary/aromatic N) is 3. The minimum atomic E-state index is 0.379. The van der Waals surface area contributed by atoms with E-state index in [2.05, 4.69) is 15.2 Å². The molecule has 0 radical (unpaired) electrons. The fourth-order valence-corrected chi connectivity index (χ4v) is 3.41. The van der Waals surface area contributed by atoms with Crippen LogP contribution in [0.25, 0.3) is 22.9 Å². The van der Waals surface area contributed by atoms with Gasteiger partial charge in [0.1, 0.15) is 17.8 Å². The number of aromatic nitrogens is 3. The highest BCUT2D eigenvalue weighted by atomic mass is 35.5. The van der Waals surface area contributed by atoms with Crippen molar-refractivity contribution in [3.05, 3.63) is 59.4 Å². The number of halogens is 1. The Morgan fingerprint density at radius 1 is 0.966 bits per heavy atom. The second kappa shape index (κ2) is 8.59. The standard InChI is InChI=1S/C20H16ClN3O4S/c1-25-16-7-13(8-17(9-16)26-2)19-23-24-20(28-19)29-11-15-10-27-18(22-15)12-4-3-5-14(21)6-12/h3-10H,11H2,1-2H3. The molecule has 0 atom stereocenters. The van der Waals surface area contributed by atoms with Crippen LogP contribution in [0.2, 0.25) is 5.02 Å². The maximum absolute atomic E-state index is 6.02. The van der Waals surface area contributed by atoms with Crippen LogP contribution in [0, 0.1) is 0 Å². The molecule has 0 bridgehead atoms. The minimum absolute atomic E-state index is 0.379. The van der Waals surface area contributed by atoms with Crippen LogP contribution in [0.15, 0.2) is 62.8 Å². The van der Waals surface area contributed by atoms with Gasteiger partial charge in [0.05, 0.1) is 19.9 Å². The summed E-state index contributed by atoms with van der Waals surface area (Å²) >= 11 is 7.39. The van der Waals surface area contributed by atoms with Gasteiger partial charge >= 0.3 is 0 Å². The Morgan fingerprint density at radius 2 is 1.76 bits per heavy atom. The van der Waals surface area contributed by atoms with E-state index in [1.807, 2.05) is 12.1 Å². The van der Waals surface area contributed by atoms with Gasteiger partial charge in [-0.25, -0.2) is 4.98 Å². The van der Waals surface area contributed by atoms with E-state index in [9.17, 15) is 0 Å². The van der Waals surface area contributed by atoms with Gasteiger partial charge in [0.2, 0.25) is 11.8 Å². The molecule has 0 spiro atoms.